The maximum atomic E-state index is 12.2. The lowest BCUT2D eigenvalue weighted by Gasteiger charge is -2.21. The van der Waals surface area contributed by atoms with Crippen molar-refractivity contribution in [1.29, 1.82) is 0 Å². The maximum Gasteiger partial charge on any atom is 0.251 e. The Morgan fingerprint density at radius 2 is 1.83 bits per heavy atom. The van der Waals surface area contributed by atoms with Gasteiger partial charge in [-0.25, -0.2) is 0 Å². The monoisotopic (exact) mass is 324 g/mol. The average Bonchev–Trinajstić information content (AvgIpc) is 2.58. The Balaban J connectivity index is 1.90. The number of nitrogens with one attached hydrogen (secondary N) is 1. The van der Waals surface area contributed by atoms with Crippen molar-refractivity contribution in [1.82, 2.24) is 10.2 Å². The fraction of sp³-hybridized carbons (Fsp3) is 0.300. The molecule has 4 heteroatoms. The molecule has 0 atom stereocenters. The van der Waals surface area contributed by atoms with Gasteiger partial charge in [0.1, 0.15) is 0 Å². The lowest BCUT2D eigenvalue weighted by molar-refractivity contribution is -0.130. The van der Waals surface area contributed by atoms with Gasteiger partial charge in [0.2, 0.25) is 5.91 Å². The van der Waals surface area contributed by atoms with Gasteiger partial charge in [0, 0.05) is 31.6 Å². The van der Waals surface area contributed by atoms with Crippen LogP contribution in [0.1, 0.15) is 30.6 Å². The van der Waals surface area contributed by atoms with Crippen LogP contribution in [0.15, 0.2) is 54.6 Å². The average molecular weight is 324 g/mol. The first-order chi connectivity index (χ1) is 11.5. The molecule has 2 amide bonds. The Morgan fingerprint density at radius 3 is 2.50 bits per heavy atom. The van der Waals surface area contributed by atoms with E-state index in [1.165, 1.54) is 0 Å². The molecular weight excluding hydrogens is 300 g/mol. The van der Waals surface area contributed by atoms with Gasteiger partial charge < -0.3 is 10.2 Å². The van der Waals surface area contributed by atoms with Crippen LogP contribution in [-0.4, -0.2) is 36.3 Å². The molecule has 0 aliphatic carbocycles. The molecule has 0 bridgehead atoms. The number of rotatable bonds is 7. The summed E-state index contributed by atoms with van der Waals surface area (Å²) in [5.74, 6) is -0.129. The molecule has 0 saturated heterocycles. The van der Waals surface area contributed by atoms with E-state index in [-0.39, 0.29) is 11.8 Å². The molecule has 0 heterocycles. The number of nitrogens with zero attached hydrogens (tertiary/aromatic N) is 1. The summed E-state index contributed by atoms with van der Waals surface area (Å²) in [6, 6.07) is 13.5. The second-order valence-electron chi connectivity index (χ2n) is 5.93. The molecule has 0 aromatic heterocycles. The normalized spacial score (nSPS) is 10.4. The summed E-state index contributed by atoms with van der Waals surface area (Å²) in [5.41, 5.74) is 1.56. The van der Waals surface area contributed by atoms with Crippen molar-refractivity contribution < 1.29 is 9.59 Å². The quantitative estimate of drug-likeness (QED) is 0.794. The molecule has 4 nitrogen and oxygen atoms in total. The molecule has 0 radical (unpaired) electrons. The van der Waals surface area contributed by atoms with E-state index in [2.05, 4.69) is 11.9 Å². The molecule has 0 saturated carbocycles. The molecule has 1 N–H and O–H groups in total. The van der Waals surface area contributed by atoms with Crippen molar-refractivity contribution in [2.45, 2.75) is 20.3 Å². The topological polar surface area (TPSA) is 49.4 Å². The Hall–Kier alpha value is -2.62. The Morgan fingerprint density at radius 1 is 1.12 bits per heavy atom. The van der Waals surface area contributed by atoms with Crippen molar-refractivity contribution in [3.8, 4) is 0 Å². The van der Waals surface area contributed by atoms with Crippen LogP contribution in [0.25, 0.3) is 10.8 Å². The van der Waals surface area contributed by atoms with Crippen molar-refractivity contribution in [3.05, 3.63) is 60.2 Å². The van der Waals surface area contributed by atoms with Crippen LogP contribution in [-0.2, 0) is 4.79 Å². The first kappa shape index (κ1) is 17.7. The van der Waals surface area contributed by atoms with Gasteiger partial charge in [0.05, 0.1) is 0 Å². The van der Waals surface area contributed by atoms with Gasteiger partial charge in [-0.2, -0.15) is 0 Å². The van der Waals surface area contributed by atoms with Crippen LogP contribution < -0.4 is 5.32 Å². The summed E-state index contributed by atoms with van der Waals surface area (Å²) in [7, 11) is 0. The van der Waals surface area contributed by atoms with Gasteiger partial charge in [-0.3, -0.25) is 9.59 Å². The third kappa shape index (κ3) is 4.69. The number of benzene rings is 2. The number of hydrogen-bond donors (Lipinski definition) is 1. The van der Waals surface area contributed by atoms with Crippen LogP contribution in [0.2, 0.25) is 0 Å². The number of likely N-dealkylation sites (N-methyl/N-ethyl adjacent to an activating group) is 1. The molecule has 0 aliphatic rings. The molecule has 0 spiro atoms. The molecule has 2 aromatic rings. The largest absolute Gasteiger partial charge is 0.352 e. The number of amides is 2. The highest BCUT2D eigenvalue weighted by atomic mass is 16.2. The smallest absolute Gasteiger partial charge is 0.251 e. The van der Waals surface area contributed by atoms with Gasteiger partial charge in [0.15, 0.2) is 0 Å². The molecular formula is C20H24N2O2. The zero-order chi connectivity index (χ0) is 17.5. The lowest BCUT2D eigenvalue weighted by atomic mass is 10.1. The van der Waals surface area contributed by atoms with Crippen LogP contribution in [0.5, 0.6) is 0 Å². The SMILES string of the molecule is C=C(C)CN(CC)C(=O)CCNC(=O)c1ccc2ccccc2c1. The zero-order valence-corrected chi connectivity index (χ0v) is 14.3. The van der Waals surface area contributed by atoms with Crippen molar-refractivity contribution in [3.63, 3.8) is 0 Å². The van der Waals surface area contributed by atoms with E-state index < -0.39 is 0 Å². The molecule has 0 unspecified atom stereocenters. The Labute approximate surface area is 143 Å². The van der Waals surface area contributed by atoms with E-state index in [4.69, 9.17) is 0 Å². The highest BCUT2D eigenvalue weighted by Crippen LogP contribution is 2.15. The van der Waals surface area contributed by atoms with Gasteiger partial charge in [-0.05, 0) is 36.8 Å². The minimum Gasteiger partial charge on any atom is -0.352 e. The second kappa shape index (κ2) is 8.29. The van der Waals surface area contributed by atoms with Crippen molar-refractivity contribution in [2.24, 2.45) is 0 Å². The summed E-state index contributed by atoms with van der Waals surface area (Å²) in [6.45, 7) is 9.21. The fourth-order valence-electron chi connectivity index (χ4n) is 2.58. The van der Waals surface area contributed by atoms with Gasteiger partial charge in [0.25, 0.3) is 5.91 Å². The van der Waals surface area contributed by atoms with E-state index in [0.717, 1.165) is 16.3 Å². The second-order valence-corrected chi connectivity index (χ2v) is 5.93. The standard InChI is InChI=1S/C20H24N2O2/c1-4-22(14-15(2)3)19(23)11-12-21-20(24)18-10-9-16-7-5-6-8-17(16)13-18/h5-10,13H,2,4,11-12,14H2,1,3H3,(H,21,24). The summed E-state index contributed by atoms with van der Waals surface area (Å²) in [6.07, 6.45) is 0.292. The first-order valence-corrected chi connectivity index (χ1v) is 8.20. The summed E-state index contributed by atoms with van der Waals surface area (Å²) in [5, 5.41) is 4.95. The van der Waals surface area contributed by atoms with E-state index in [1.54, 1.807) is 11.0 Å². The van der Waals surface area contributed by atoms with E-state index >= 15 is 0 Å². The minimum absolute atomic E-state index is 0.0271. The number of carbonyl (C=O) groups is 2. The predicted molar refractivity (Wildman–Crippen MR) is 98.0 cm³/mol. The molecule has 126 valence electrons. The van der Waals surface area contributed by atoms with E-state index in [1.807, 2.05) is 50.2 Å². The highest BCUT2D eigenvalue weighted by molar-refractivity contribution is 5.98. The van der Waals surface area contributed by atoms with Crippen molar-refractivity contribution >= 4 is 22.6 Å². The number of carbonyl (C=O) groups excluding carboxylic acids is 2. The summed E-state index contributed by atoms with van der Waals surface area (Å²) in [4.78, 5) is 26.1. The molecule has 0 fully saturated rings. The van der Waals surface area contributed by atoms with Gasteiger partial charge in [-0.1, -0.05) is 42.5 Å². The molecule has 24 heavy (non-hydrogen) atoms. The van der Waals surface area contributed by atoms with E-state index in [0.29, 0.717) is 31.6 Å². The summed E-state index contributed by atoms with van der Waals surface area (Å²) >= 11 is 0. The predicted octanol–water partition coefficient (Wildman–Crippen LogP) is 3.38. The molecule has 0 aliphatic heterocycles. The Bertz CT molecular complexity index is 752. The highest BCUT2D eigenvalue weighted by Gasteiger charge is 2.12. The third-order valence-corrected chi connectivity index (χ3v) is 3.83. The third-order valence-electron chi connectivity index (χ3n) is 3.83. The Kier molecular flexibility index (Phi) is 6.13. The number of hydrogen-bond acceptors (Lipinski definition) is 2. The van der Waals surface area contributed by atoms with Gasteiger partial charge >= 0.3 is 0 Å². The maximum absolute atomic E-state index is 12.2. The zero-order valence-electron chi connectivity index (χ0n) is 14.3. The van der Waals surface area contributed by atoms with Crippen molar-refractivity contribution in [2.75, 3.05) is 19.6 Å². The van der Waals surface area contributed by atoms with Crippen LogP contribution >= 0.6 is 0 Å². The fourth-order valence-corrected chi connectivity index (χ4v) is 2.58. The summed E-state index contributed by atoms with van der Waals surface area (Å²) < 4.78 is 0. The first-order valence-electron chi connectivity index (χ1n) is 8.20. The molecule has 2 aromatic carbocycles. The number of fused-ring (bicyclic) bond motifs is 1. The lowest BCUT2D eigenvalue weighted by Crippen LogP contribution is -2.35. The molecule has 2 rings (SSSR count). The van der Waals surface area contributed by atoms with Crippen LogP contribution in [0.3, 0.4) is 0 Å². The minimum atomic E-state index is -0.156. The van der Waals surface area contributed by atoms with Crippen LogP contribution in [0, 0.1) is 0 Å². The van der Waals surface area contributed by atoms with E-state index in [9.17, 15) is 9.59 Å². The van der Waals surface area contributed by atoms with Gasteiger partial charge in [-0.15, -0.1) is 0 Å². The van der Waals surface area contributed by atoms with Crippen LogP contribution in [0.4, 0.5) is 0 Å².